The molecule has 6 nitrogen and oxygen atoms in total. The van der Waals surface area contributed by atoms with Crippen molar-refractivity contribution in [2.24, 2.45) is 5.92 Å². The lowest BCUT2D eigenvalue weighted by Gasteiger charge is -2.15. The molecule has 0 unspecified atom stereocenters. The molecule has 2 heterocycles. The van der Waals surface area contributed by atoms with Crippen LogP contribution in [0.4, 0.5) is 4.39 Å². The normalized spacial score (nSPS) is 17.3. The highest BCUT2D eigenvalue weighted by atomic mass is 35.5. The van der Waals surface area contributed by atoms with E-state index >= 15 is 0 Å². The van der Waals surface area contributed by atoms with Crippen LogP contribution in [-0.2, 0) is 4.79 Å². The first-order valence-electron chi connectivity index (χ1n) is 7.41. The maximum atomic E-state index is 13.1. The molecule has 3 rings (SSSR count). The number of hydrogen-bond donors (Lipinski definition) is 1. The number of nitrogens with zero attached hydrogens (tertiary/aromatic N) is 3. The Morgan fingerprint density at radius 1 is 1.33 bits per heavy atom. The number of benzene rings is 1. The fourth-order valence-electron chi connectivity index (χ4n) is 2.80. The van der Waals surface area contributed by atoms with Crippen molar-refractivity contribution in [3.8, 4) is 5.69 Å². The molecule has 0 spiro atoms. The fraction of sp³-hybridized carbons (Fsp3) is 0.312. The van der Waals surface area contributed by atoms with Gasteiger partial charge in [-0.05, 0) is 37.6 Å². The molecule has 1 saturated heterocycles. The van der Waals surface area contributed by atoms with Crippen LogP contribution in [0.3, 0.4) is 0 Å². The average Bonchev–Trinajstić information content (AvgIpc) is 3.13. The van der Waals surface area contributed by atoms with Crippen LogP contribution in [0.1, 0.15) is 22.5 Å². The third-order valence-corrected chi connectivity index (χ3v) is 4.46. The Labute approximate surface area is 142 Å². The molecule has 1 aliphatic heterocycles. The van der Waals surface area contributed by atoms with E-state index in [0.29, 0.717) is 24.3 Å². The average molecular weight is 352 g/mol. The standard InChI is InChI=1S/C16H15ClFN3O3/c1-9-13(15(22)20-7-6-10(8-20)16(23)24)14(17)21(19-9)12-4-2-11(18)3-5-12/h2-5,10H,6-8H2,1H3,(H,23,24)/t10-/m1/s1. The van der Waals surface area contributed by atoms with Crippen molar-refractivity contribution < 1.29 is 19.1 Å². The molecule has 1 aromatic carbocycles. The lowest BCUT2D eigenvalue weighted by atomic mass is 10.1. The minimum atomic E-state index is -0.907. The Morgan fingerprint density at radius 2 is 2.00 bits per heavy atom. The molecule has 0 bridgehead atoms. The summed E-state index contributed by atoms with van der Waals surface area (Å²) < 4.78 is 14.4. The van der Waals surface area contributed by atoms with Gasteiger partial charge in [-0.1, -0.05) is 11.6 Å². The molecule has 1 aromatic heterocycles. The van der Waals surface area contributed by atoms with Crippen LogP contribution in [0.25, 0.3) is 5.69 Å². The third-order valence-electron chi connectivity index (χ3n) is 4.11. The van der Waals surface area contributed by atoms with Crippen LogP contribution in [0, 0.1) is 18.7 Å². The van der Waals surface area contributed by atoms with Crippen LogP contribution >= 0.6 is 11.6 Å². The van der Waals surface area contributed by atoms with E-state index in [4.69, 9.17) is 16.7 Å². The summed E-state index contributed by atoms with van der Waals surface area (Å²) in [5.74, 6) is -2.18. The molecule has 24 heavy (non-hydrogen) atoms. The minimum absolute atomic E-state index is 0.128. The molecule has 8 heteroatoms. The number of carboxylic acid groups (broad SMARTS) is 1. The van der Waals surface area contributed by atoms with Crippen LogP contribution in [0.2, 0.25) is 5.15 Å². The molecule has 0 aliphatic carbocycles. The number of aromatic nitrogens is 2. The summed E-state index contributed by atoms with van der Waals surface area (Å²) >= 11 is 6.32. The second kappa shape index (κ2) is 6.24. The van der Waals surface area contributed by atoms with Gasteiger partial charge in [0.05, 0.1) is 22.9 Å². The number of carbonyl (C=O) groups excluding carboxylic acids is 1. The summed E-state index contributed by atoms with van der Waals surface area (Å²) in [7, 11) is 0. The predicted octanol–water partition coefficient (Wildman–Crippen LogP) is 2.52. The lowest BCUT2D eigenvalue weighted by molar-refractivity contribution is -0.141. The van der Waals surface area contributed by atoms with E-state index in [1.54, 1.807) is 6.92 Å². The summed E-state index contributed by atoms with van der Waals surface area (Å²) in [4.78, 5) is 25.2. The van der Waals surface area contributed by atoms with Crippen molar-refractivity contribution in [3.63, 3.8) is 0 Å². The summed E-state index contributed by atoms with van der Waals surface area (Å²) in [6.07, 6.45) is 0.420. The number of hydrogen-bond acceptors (Lipinski definition) is 3. The van der Waals surface area contributed by atoms with Gasteiger partial charge < -0.3 is 10.0 Å². The Kier molecular flexibility index (Phi) is 4.28. The van der Waals surface area contributed by atoms with Crippen molar-refractivity contribution in [2.75, 3.05) is 13.1 Å². The van der Waals surface area contributed by atoms with Crippen molar-refractivity contribution in [1.82, 2.24) is 14.7 Å². The van der Waals surface area contributed by atoms with Crippen LogP contribution in [-0.4, -0.2) is 44.8 Å². The highest BCUT2D eigenvalue weighted by molar-refractivity contribution is 6.33. The predicted molar refractivity (Wildman–Crippen MR) is 84.9 cm³/mol. The van der Waals surface area contributed by atoms with E-state index in [1.165, 1.54) is 33.8 Å². The molecule has 1 fully saturated rings. The number of rotatable bonds is 3. The van der Waals surface area contributed by atoms with E-state index in [0.717, 1.165) is 0 Å². The van der Waals surface area contributed by atoms with Gasteiger partial charge in [0.15, 0.2) is 0 Å². The first-order valence-corrected chi connectivity index (χ1v) is 7.79. The van der Waals surface area contributed by atoms with Gasteiger partial charge in [-0.3, -0.25) is 9.59 Å². The zero-order valence-corrected chi connectivity index (χ0v) is 13.6. The Hall–Kier alpha value is -2.41. The Morgan fingerprint density at radius 3 is 2.58 bits per heavy atom. The summed E-state index contributed by atoms with van der Waals surface area (Å²) in [6.45, 7) is 2.18. The number of halogens is 2. The van der Waals surface area contributed by atoms with Crippen LogP contribution in [0.5, 0.6) is 0 Å². The van der Waals surface area contributed by atoms with Crippen LogP contribution in [0.15, 0.2) is 24.3 Å². The van der Waals surface area contributed by atoms with Crippen LogP contribution < -0.4 is 0 Å². The second-order valence-corrected chi connectivity index (χ2v) is 6.07. The van der Waals surface area contributed by atoms with Crippen molar-refractivity contribution >= 4 is 23.5 Å². The SMILES string of the molecule is Cc1nn(-c2ccc(F)cc2)c(Cl)c1C(=O)N1CC[C@@H](C(=O)O)C1. The molecule has 1 atom stereocenters. The molecule has 1 N–H and O–H groups in total. The van der Waals surface area contributed by atoms with E-state index in [9.17, 15) is 14.0 Å². The molecular weight excluding hydrogens is 337 g/mol. The monoisotopic (exact) mass is 351 g/mol. The molecular formula is C16H15ClFN3O3. The topological polar surface area (TPSA) is 75.4 Å². The van der Waals surface area contributed by atoms with Gasteiger partial charge >= 0.3 is 5.97 Å². The third kappa shape index (κ3) is 2.87. The maximum Gasteiger partial charge on any atom is 0.308 e. The largest absolute Gasteiger partial charge is 0.481 e. The zero-order valence-electron chi connectivity index (χ0n) is 12.9. The minimum Gasteiger partial charge on any atom is -0.481 e. The van der Waals surface area contributed by atoms with Gasteiger partial charge in [0.2, 0.25) is 0 Å². The van der Waals surface area contributed by atoms with E-state index in [-0.39, 0.29) is 29.0 Å². The number of aryl methyl sites for hydroxylation is 1. The number of carbonyl (C=O) groups is 2. The summed E-state index contributed by atoms with van der Waals surface area (Å²) in [6, 6.07) is 5.58. The highest BCUT2D eigenvalue weighted by Gasteiger charge is 2.34. The van der Waals surface area contributed by atoms with E-state index < -0.39 is 11.9 Å². The number of amides is 1. The fourth-order valence-corrected chi connectivity index (χ4v) is 3.15. The molecule has 1 amide bonds. The highest BCUT2D eigenvalue weighted by Crippen LogP contribution is 2.27. The van der Waals surface area contributed by atoms with Gasteiger partial charge in [-0.2, -0.15) is 5.10 Å². The van der Waals surface area contributed by atoms with Gasteiger partial charge in [-0.15, -0.1) is 0 Å². The van der Waals surface area contributed by atoms with Gasteiger partial charge in [0.25, 0.3) is 5.91 Å². The molecule has 0 saturated carbocycles. The smallest absolute Gasteiger partial charge is 0.308 e. The zero-order chi connectivity index (χ0) is 17.4. The van der Waals surface area contributed by atoms with Gasteiger partial charge in [-0.25, -0.2) is 9.07 Å². The Bertz CT molecular complexity index is 804. The van der Waals surface area contributed by atoms with Crippen molar-refractivity contribution in [3.05, 3.63) is 46.5 Å². The summed E-state index contributed by atoms with van der Waals surface area (Å²) in [5, 5.41) is 13.4. The number of carboxylic acids is 1. The number of likely N-dealkylation sites (tertiary alicyclic amines) is 1. The summed E-state index contributed by atoms with van der Waals surface area (Å²) in [5.41, 5.74) is 1.22. The molecule has 126 valence electrons. The molecule has 0 radical (unpaired) electrons. The van der Waals surface area contributed by atoms with E-state index in [2.05, 4.69) is 5.10 Å². The lowest BCUT2D eigenvalue weighted by Crippen LogP contribution is -2.30. The molecule has 2 aromatic rings. The molecule has 1 aliphatic rings. The van der Waals surface area contributed by atoms with E-state index in [1.807, 2.05) is 0 Å². The second-order valence-electron chi connectivity index (χ2n) is 5.71. The maximum absolute atomic E-state index is 13.1. The number of aliphatic carboxylic acids is 1. The first-order chi connectivity index (χ1) is 11.4. The van der Waals surface area contributed by atoms with Crippen molar-refractivity contribution in [2.45, 2.75) is 13.3 Å². The van der Waals surface area contributed by atoms with Crippen molar-refractivity contribution in [1.29, 1.82) is 0 Å². The van der Waals surface area contributed by atoms with Gasteiger partial charge in [0, 0.05) is 13.1 Å². The Balaban J connectivity index is 1.91. The first kappa shape index (κ1) is 16.4. The van der Waals surface area contributed by atoms with Gasteiger partial charge in [0.1, 0.15) is 11.0 Å². The quantitative estimate of drug-likeness (QED) is 0.922.